The summed E-state index contributed by atoms with van der Waals surface area (Å²) in [7, 11) is 0. The molecule has 0 amide bonds. The topological polar surface area (TPSA) is 55.5 Å². The molecule has 16 heavy (non-hydrogen) atoms. The Morgan fingerprint density at radius 2 is 2.25 bits per heavy atom. The molecule has 0 radical (unpaired) electrons. The van der Waals surface area contributed by atoms with Crippen molar-refractivity contribution in [1.82, 2.24) is 0 Å². The Morgan fingerprint density at radius 3 is 2.81 bits per heavy atom. The molecule has 1 atom stereocenters. The van der Waals surface area contributed by atoms with Crippen LogP contribution in [0.1, 0.15) is 12.8 Å². The fraction of sp³-hybridized carbons (Fsp3) is 0.500. The summed E-state index contributed by atoms with van der Waals surface area (Å²) in [5, 5.41) is 10.1. The lowest BCUT2D eigenvalue weighted by molar-refractivity contribution is -0.0163. The summed E-state index contributed by atoms with van der Waals surface area (Å²) >= 11 is 0. The van der Waals surface area contributed by atoms with Crippen molar-refractivity contribution in [3.63, 3.8) is 0 Å². The highest BCUT2D eigenvalue weighted by Gasteiger charge is 2.43. The maximum Gasteiger partial charge on any atom is 0.126 e. The smallest absolute Gasteiger partial charge is 0.126 e. The number of ether oxygens (including phenoxy) is 1. The summed E-state index contributed by atoms with van der Waals surface area (Å²) in [6, 6.07) is 5.88. The van der Waals surface area contributed by atoms with Gasteiger partial charge >= 0.3 is 0 Å². The van der Waals surface area contributed by atoms with Crippen molar-refractivity contribution in [2.45, 2.75) is 18.4 Å². The van der Waals surface area contributed by atoms with Crippen molar-refractivity contribution >= 4 is 0 Å². The number of rotatable bonds is 5. The molecule has 0 saturated heterocycles. The first-order chi connectivity index (χ1) is 7.64. The molecule has 3 N–H and O–H groups in total. The van der Waals surface area contributed by atoms with E-state index in [1.807, 2.05) is 0 Å². The average Bonchev–Trinajstić information content (AvgIpc) is 3.10. The lowest BCUT2D eigenvalue weighted by Gasteiger charge is -2.26. The second-order valence-corrected chi connectivity index (χ2v) is 4.33. The van der Waals surface area contributed by atoms with Crippen molar-refractivity contribution in [3.8, 4) is 5.75 Å². The number of aliphatic hydroxyl groups is 1. The standard InChI is InChI=1S/C12H16FNO2/c13-10-2-1-3-11(6-10)16-8-12(15,7-14)9-4-5-9/h1-3,6,9,15H,4-5,7-8,14H2. The molecule has 1 saturated carbocycles. The molecule has 0 heterocycles. The van der Waals surface area contributed by atoms with E-state index in [0.717, 1.165) is 12.8 Å². The van der Waals surface area contributed by atoms with E-state index in [-0.39, 0.29) is 24.9 Å². The van der Waals surface area contributed by atoms with Crippen molar-refractivity contribution in [2.75, 3.05) is 13.2 Å². The maximum atomic E-state index is 12.9. The van der Waals surface area contributed by atoms with Crippen LogP contribution >= 0.6 is 0 Å². The van der Waals surface area contributed by atoms with Crippen LogP contribution in [-0.2, 0) is 0 Å². The van der Waals surface area contributed by atoms with Crippen LogP contribution in [0.15, 0.2) is 24.3 Å². The molecule has 4 heteroatoms. The van der Waals surface area contributed by atoms with Gasteiger partial charge in [0, 0.05) is 12.6 Å². The van der Waals surface area contributed by atoms with Gasteiger partial charge in [-0.15, -0.1) is 0 Å². The van der Waals surface area contributed by atoms with Crippen molar-refractivity contribution in [2.24, 2.45) is 11.7 Å². The highest BCUT2D eigenvalue weighted by Crippen LogP contribution is 2.39. The zero-order chi connectivity index (χ0) is 11.6. The fourth-order valence-electron chi connectivity index (χ4n) is 1.73. The summed E-state index contributed by atoms with van der Waals surface area (Å²) < 4.78 is 18.2. The van der Waals surface area contributed by atoms with Gasteiger partial charge in [0.15, 0.2) is 0 Å². The van der Waals surface area contributed by atoms with Gasteiger partial charge in [0.1, 0.15) is 23.8 Å². The van der Waals surface area contributed by atoms with Crippen LogP contribution in [0.5, 0.6) is 5.75 Å². The Labute approximate surface area is 94.0 Å². The van der Waals surface area contributed by atoms with Crippen molar-refractivity contribution in [3.05, 3.63) is 30.1 Å². The second-order valence-electron chi connectivity index (χ2n) is 4.33. The SMILES string of the molecule is NCC(O)(COc1cccc(F)c1)C1CC1. The minimum Gasteiger partial charge on any atom is -0.490 e. The van der Waals surface area contributed by atoms with Gasteiger partial charge in [-0.2, -0.15) is 0 Å². The first-order valence-electron chi connectivity index (χ1n) is 5.45. The molecule has 1 aromatic rings. The first-order valence-corrected chi connectivity index (χ1v) is 5.45. The minimum atomic E-state index is -0.966. The average molecular weight is 225 g/mol. The molecular weight excluding hydrogens is 209 g/mol. The molecule has 88 valence electrons. The van der Waals surface area contributed by atoms with E-state index in [1.54, 1.807) is 12.1 Å². The maximum absolute atomic E-state index is 12.9. The lowest BCUT2D eigenvalue weighted by atomic mass is 9.99. The van der Waals surface area contributed by atoms with E-state index in [2.05, 4.69) is 0 Å². The third-order valence-corrected chi connectivity index (χ3v) is 2.98. The third kappa shape index (κ3) is 2.51. The predicted octanol–water partition coefficient (Wildman–Crippen LogP) is 1.30. The van der Waals surface area contributed by atoms with Crippen LogP contribution < -0.4 is 10.5 Å². The van der Waals surface area contributed by atoms with Gasteiger partial charge < -0.3 is 15.6 Å². The summed E-state index contributed by atoms with van der Waals surface area (Å²) in [6.45, 7) is 0.296. The van der Waals surface area contributed by atoms with Gasteiger partial charge in [-0.25, -0.2) is 4.39 Å². The normalized spacial score (nSPS) is 19.2. The highest BCUT2D eigenvalue weighted by molar-refractivity contribution is 5.22. The summed E-state index contributed by atoms with van der Waals surface area (Å²) in [4.78, 5) is 0. The molecule has 1 aliphatic rings. The van der Waals surface area contributed by atoms with E-state index in [1.165, 1.54) is 12.1 Å². The van der Waals surface area contributed by atoms with E-state index in [4.69, 9.17) is 10.5 Å². The Bertz CT molecular complexity index is 368. The lowest BCUT2D eigenvalue weighted by Crippen LogP contribution is -2.45. The van der Waals surface area contributed by atoms with Gasteiger partial charge in [0.05, 0.1) is 0 Å². The Hall–Kier alpha value is -1.13. The van der Waals surface area contributed by atoms with Gasteiger partial charge in [0.2, 0.25) is 0 Å². The van der Waals surface area contributed by atoms with Gasteiger partial charge in [-0.3, -0.25) is 0 Å². The molecule has 2 rings (SSSR count). The number of hydrogen-bond donors (Lipinski definition) is 2. The number of hydrogen-bond acceptors (Lipinski definition) is 3. The van der Waals surface area contributed by atoms with Gasteiger partial charge in [-0.05, 0) is 30.9 Å². The van der Waals surface area contributed by atoms with Crippen molar-refractivity contribution < 1.29 is 14.2 Å². The van der Waals surface area contributed by atoms with Crippen LogP contribution in [0.4, 0.5) is 4.39 Å². The zero-order valence-electron chi connectivity index (χ0n) is 9.03. The molecule has 0 aliphatic heterocycles. The Balaban J connectivity index is 1.95. The minimum absolute atomic E-state index is 0.123. The van der Waals surface area contributed by atoms with E-state index < -0.39 is 5.60 Å². The van der Waals surface area contributed by atoms with E-state index in [0.29, 0.717) is 5.75 Å². The largest absolute Gasteiger partial charge is 0.490 e. The quantitative estimate of drug-likeness (QED) is 0.794. The zero-order valence-corrected chi connectivity index (χ0v) is 9.03. The molecular formula is C12H16FNO2. The fourth-order valence-corrected chi connectivity index (χ4v) is 1.73. The summed E-state index contributed by atoms with van der Waals surface area (Å²) in [6.07, 6.45) is 1.97. The molecule has 0 spiro atoms. The molecule has 0 bridgehead atoms. The number of halogens is 1. The molecule has 1 aliphatic carbocycles. The predicted molar refractivity (Wildman–Crippen MR) is 58.6 cm³/mol. The van der Waals surface area contributed by atoms with Gasteiger partial charge in [0.25, 0.3) is 0 Å². The van der Waals surface area contributed by atoms with Crippen LogP contribution in [0, 0.1) is 11.7 Å². The molecule has 1 fully saturated rings. The summed E-state index contributed by atoms with van der Waals surface area (Å²) in [5.41, 5.74) is 4.57. The second kappa shape index (κ2) is 4.39. The van der Waals surface area contributed by atoms with Crippen LogP contribution in [0.2, 0.25) is 0 Å². The van der Waals surface area contributed by atoms with E-state index >= 15 is 0 Å². The van der Waals surface area contributed by atoms with Crippen LogP contribution in [0.25, 0.3) is 0 Å². The number of benzene rings is 1. The first kappa shape index (κ1) is 11.4. The molecule has 0 aromatic heterocycles. The summed E-state index contributed by atoms with van der Waals surface area (Å²) in [5.74, 6) is 0.304. The third-order valence-electron chi connectivity index (χ3n) is 2.98. The van der Waals surface area contributed by atoms with Crippen molar-refractivity contribution in [1.29, 1.82) is 0 Å². The van der Waals surface area contributed by atoms with E-state index in [9.17, 15) is 9.50 Å². The number of nitrogens with two attached hydrogens (primary N) is 1. The molecule has 1 aromatic carbocycles. The van der Waals surface area contributed by atoms with Crippen LogP contribution in [-0.4, -0.2) is 23.9 Å². The molecule has 3 nitrogen and oxygen atoms in total. The monoisotopic (exact) mass is 225 g/mol. The molecule has 1 unspecified atom stereocenters. The van der Waals surface area contributed by atoms with Crippen LogP contribution in [0.3, 0.4) is 0 Å². The Kier molecular flexibility index (Phi) is 3.12. The highest BCUT2D eigenvalue weighted by atomic mass is 19.1. The Morgan fingerprint density at radius 1 is 1.50 bits per heavy atom. The van der Waals surface area contributed by atoms with Gasteiger partial charge in [-0.1, -0.05) is 6.07 Å².